The lowest BCUT2D eigenvalue weighted by Crippen LogP contribution is -2.30. The van der Waals surface area contributed by atoms with Crippen molar-refractivity contribution in [2.75, 3.05) is 37.4 Å². The van der Waals surface area contributed by atoms with Crippen molar-refractivity contribution >= 4 is 35.2 Å². The SMILES string of the molecule is O=C(COC(=O)c1ccc2c(c1)NC(=O)CS2)NCCc1ccc2c(c1)OCCO2. The van der Waals surface area contributed by atoms with Crippen molar-refractivity contribution in [3.8, 4) is 11.5 Å². The second-order valence-electron chi connectivity index (χ2n) is 6.70. The Kier molecular flexibility index (Phi) is 6.08. The third-order valence-electron chi connectivity index (χ3n) is 4.52. The summed E-state index contributed by atoms with van der Waals surface area (Å²) >= 11 is 1.41. The maximum atomic E-state index is 12.2. The first-order chi connectivity index (χ1) is 14.6. The van der Waals surface area contributed by atoms with Crippen LogP contribution in [0, 0.1) is 0 Å². The molecule has 2 aliphatic heterocycles. The Morgan fingerprint density at radius 2 is 1.93 bits per heavy atom. The fourth-order valence-electron chi connectivity index (χ4n) is 3.07. The van der Waals surface area contributed by atoms with Gasteiger partial charge in [0.1, 0.15) is 13.2 Å². The summed E-state index contributed by atoms with van der Waals surface area (Å²) < 4.78 is 16.1. The highest BCUT2D eigenvalue weighted by molar-refractivity contribution is 8.00. The summed E-state index contributed by atoms with van der Waals surface area (Å²) in [5, 5.41) is 5.44. The molecule has 30 heavy (non-hydrogen) atoms. The number of benzene rings is 2. The number of fused-ring (bicyclic) bond motifs is 2. The minimum absolute atomic E-state index is 0.115. The summed E-state index contributed by atoms with van der Waals surface area (Å²) in [5.74, 6) is 0.658. The molecular weight excluding hydrogens is 408 g/mol. The molecule has 2 aromatic rings. The third kappa shape index (κ3) is 4.85. The molecule has 2 amide bonds. The number of esters is 1. The minimum Gasteiger partial charge on any atom is -0.486 e. The predicted octanol–water partition coefficient (Wildman–Crippen LogP) is 2.02. The maximum Gasteiger partial charge on any atom is 0.338 e. The number of rotatable bonds is 6. The van der Waals surface area contributed by atoms with Gasteiger partial charge in [-0.3, -0.25) is 9.59 Å². The lowest BCUT2D eigenvalue weighted by Gasteiger charge is -2.18. The molecule has 0 fully saturated rings. The number of carbonyl (C=O) groups is 3. The average Bonchev–Trinajstić information content (AvgIpc) is 2.77. The van der Waals surface area contributed by atoms with E-state index in [1.54, 1.807) is 18.2 Å². The van der Waals surface area contributed by atoms with Gasteiger partial charge in [-0.1, -0.05) is 6.07 Å². The monoisotopic (exact) mass is 428 g/mol. The van der Waals surface area contributed by atoms with Crippen LogP contribution in [0.5, 0.6) is 11.5 Å². The van der Waals surface area contributed by atoms with Gasteiger partial charge in [0, 0.05) is 11.4 Å². The van der Waals surface area contributed by atoms with Crippen LogP contribution >= 0.6 is 11.8 Å². The van der Waals surface area contributed by atoms with Gasteiger partial charge in [0.2, 0.25) is 5.91 Å². The highest BCUT2D eigenvalue weighted by Crippen LogP contribution is 2.32. The van der Waals surface area contributed by atoms with E-state index in [-0.39, 0.29) is 24.0 Å². The number of nitrogens with one attached hydrogen (secondary N) is 2. The highest BCUT2D eigenvalue weighted by Gasteiger charge is 2.18. The molecule has 0 saturated heterocycles. The summed E-state index contributed by atoms with van der Waals surface area (Å²) in [6.07, 6.45) is 0.610. The van der Waals surface area contributed by atoms with Crippen molar-refractivity contribution < 1.29 is 28.6 Å². The fourth-order valence-corrected chi connectivity index (χ4v) is 3.85. The van der Waals surface area contributed by atoms with Gasteiger partial charge in [-0.25, -0.2) is 4.79 Å². The summed E-state index contributed by atoms with van der Waals surface area (Å²) in [5.41, 5.74) is 1.86. The predicted molar refractivity (Wildman–Crippen MR) is 110 cm³/mol. The quantitative estimate of drug-likeness (QED) is 0.679. The van der Waals surface area contributed by atoms with Gasteiger partial charge in [0.15, 0.2) is 18.1 Å². The molecule has 4 rings (SSSR count). The van der Waals surface area contributed by atoms with E-state index in [1.165, 1.54) is 11.8 Å². The van der Waals surface area contributed by atoms with E-state index in [1.807, 2.05) is 18.2 Å². The van der Waals surface area contributed by atoms with Crippen LogP contribution in [0.3, 0.4) is 0 Å². The Hall–Kier alpha value is -3.20. The van der Waals surface area contributed by atoms with Crippen LogP contribution < -0.4 is 20.1 Å². The molecule has 0 bridgehead atoms. The van der Waals surface area contributed by atoms with Crippen molar-refractivity contribution in [2.24, 2.45) is 0 Å². The minimum atomic E-state index is -0.621. The van der Waals surface area contributed by atoms with Crippen LogP contribution in [0.15, 0.2) is 41.3 Å². The Bertz CT molecular complexity index is 993. The molecule has 8 nitrogen and oxygen atoms in total. The van der Waals surface area contributed by atoms with E-state index in [4.69, 9.17) is 14.2 Å². The molecule has 2 aromatic carbocycles. The van der Waals surface area contributed by atoms with Gasteiger partial charge in [0.25, 0.3) is 5.91 Å². The normalized spacial score (nSPS) is 14.3. The van der Waals surface area contributed by atoms with Crippen molar-refractivity contribution in [3.05, 3.63) is 47.5 Å². The van der Waals surface area contributed by atoms with Gasteiger partial charge in [0.05, 0.1) is 17.0 Å². The topological polar surface area (TPSA) is 103 Å². The molecule has 0 aromatic heterocycles. The van der Waals surface area contributed by atoms with Crippen molar-refractivity contribution in [1.29, 1.82) is 0 Å². The number of hydrogen-bond donors (Lipinski definition) is 2. The molecule has 2 heterocycles. The average molecular weight is 428 g/mol. The molecular formula is C21H20N2O6S. The molecule has 9 heteroatoms. The zero-order chi connectivity index (χ0) is 20.9. The van der Waals surface area contributed by atoms with Gasteiger partial charge < -0.3 is 24.8 Å². The van der Waals surface area contributed by atoms with Crippen molar-refractivity contribution in [2.45, 2.75) is 11.3 Å². The smallest absolute Gasteiger partial charge is 0.338 e. The van der Waals surface area contributed by atoms with E-state index in [0.717, 1.165) is 16.2 Å². The van der Waals surface area contributed by atoms with E-state index in [0.29, 0.717) is 43.4 Å². The van der Waals surface area contributed by atoms with Gasteiger partial charge in [-0.05, 0) is 42.3 Å². The second kappa shape index (κ2) is 9.08. The van der Waals surface area contributed by atoms with E-state index >= 15 is 0 Å². The van der Waals surface area contributed by atoms with Crippen LogP contribution in [0.25, 0.3) is 0 Å². The second-order valence-corrected chi connectivity index (χ2v) is 7.72. The molecule has 2 aliphatic rings. The van der Waals surface area contributed by atoms with Gasteiger partial charge in [-0.2, -0.15) is 0 Å². The molecule has 0 radical (unpaired) electrons. The molecule has 156 valence electrons. The van der Waals surface area contributed by atoms with Crippen LogP contribution in [0.2, 0.25) is 0 Å². The molecule has 0 saturated carbocycles. The number of anilines is 1. The molecule has 2 N–H and O–H groups in total. The van der Waals surface area contributed by atoms with E-state index in [2.05, 4.69) is 10.6 Å². The van der Waals surface area contributed by atoms with Crippen molar-refractivity contribution in [1.82, 2.24) is 5.32 Å². The first-order valence-corrected chi connectivity index (χ1v) is 10.5. The maximum absolute atomic E-state index is 12.2. The number of carbonyl (C=O) groups excluding carboxylic acids is 3. The zero-order valence-corrected chi connectivity index (χ0v) is 16.9. The zero-order valence-electron chi connectivity index (χ0n) is 16.1. The molecule has 0 unspecified atom stereocenters. The van der Waals surface area contributed by atoms with Crippen LogP contribution in [0.1, 0.15) is 15.9 Å². The van der Waals surface area contributed by atoms with Crippen LogP contribution in [-0.2, 0) is 20.7 Å². The molecule has 0 atom stereocenters. The third-order valence-corrected chi connectivity index (χ3v) is 5.60. The standard InChI is InChI=1S/C21H20N2O6S/c24-19(22-6-5-13-1-3-16-17(9-13)28-8-7-27-16)11-29-21(26)14-2-4-18-15(10-14)23-20(25)12-30-18/h1-4,9-10H,5-8,11-12H2,(H,22,24)(H,23,25). The summed E-state index contributed by atoms with van der Waals surface area (Å²) in [6, 6.07) is 10.6. The first kappa shape index (κ1) is 20.1. The summed E-state index contributed by atoms with van der Waals surface area (Å²) in [7, 11) is 0. The Balaban J connectivity index is 1.22. The van der Waals surface area contributed by atoms with E-state index in [9.17, 15) is 14.4 Å². The lowest BCUT2D eigenvalue weighted by molar-refractivity contribution is -0.124. The number of thioether (sulfide) groups is 1. The summed E-state index contributed by atoms with van der Waals surface area (Å²) in [4.78, 5) is 36.6. The lowest BCUT2D eigenvalue weighted by atomic mass is 10.1. The molecule has 0 aliphatic carbocycles. The fraction of sp³-hybridized carbons (Fsp3) is 0.286. The number of amides is 2. The van der Waals surface area contributed by atoms with Crippen LogP contribution in [-0.4, -0.2) is 49.9 Å². The van der Waals surface area contributed by atoms with Crippen LogP contribution in [0.4, 0.5) is 5.69 Å². The molecule has 0 spiro atoms. The first-order valence-electron chi connectivity index (χ1n) is 9.47. The highest BCUT2D eigenvalue weighted by atomic mass is 32.2. The number of hydrogen-bond acceptors (Lipinski definition) is 7. The van der Waals surface area contributed by atoms with Gasteiger partial charge >= 0.3 is 5.97 Å². The number of ether oxygens (including phenoxy) is 3. The van der Waals surface area contributed by atoms with Crippen molar-refractivity contribution in [3.63, 3.8) is 0 Å². The Morgan fingerprint density at radius 1 is 1.10 bits per heavy atom. The largest absolute Gasteiger partial charge is 0.486 e. The Morgan fingerprint density at radius 3 is 2.80 bits per heavy atom. The van der Waals surface area contributed by atoms with Gasteiger partial charge in [-0.15, -0.1) is 11.8 Å². The Labute approximate surface area is 177 Å². The summed E-state index contributed by atoms with van der Waals surface area (Å²) in [6.45, 7) is 1.09. The van der Waals surface area contributed by atoms with E-state index < -0.39 is 5.97 Å².